The molecule has 0 aliphatic heterocycles. The first-order valence-electron chi connectivity index (χ1n) is 23.0. The Hall–Kier alpha value is -2.92. The SMILES string of the molecule is CCCCCCCC.CCc1oc2ccccc2c1-c1cn(C)c(C([N-]c2c(C(C)C)cccc2C(C)C)c2c(C(C)C)cc(C(C)C)cc2C(C)C)n1.[CH2-]CCC.[Hf]. The maximum Gasteiger partial charge on any atom is 0.134 e. The molecule has 4 nitrogen and oxygen atoms in total. The van der Waals surface area contributed by atoms with E-state index in [4.69, 9.17) is 14.7 Å². The molecule has 3 aromatic carbocycles. The third-order valence-corrected chi connectivity index (χ3v) is 11.3. The number of nitrogens with zero attached hydrogens (tertiary/aromatic N) is 3. The number of imidazole rings is 1. The zero-order valence-electron chi connectivity index (χ0n) is 40.1. The Kier molecular flexibility index (Phi) is 22.8. The Morgan fingerprint density at radius 3 is 1.61 bits per heavy atom. The van der Waals surface area contributed by atoms with Gasteiger partial charge in [0.15, 0.2) is 0 Å². The van der Waals surface area contributed by atoms with Crippen molar-refractivity contribution in [3.8, 4) is 11.3 Å². The summed E-state index contributed by atoms with van der Waals surface area (Å²) in [5.41, 5.74) is 12.0. The molecular formula is C54H81HfN3O-2. The van der Waals surface area contributed by atoms with Crippen molar-refractivity contribution in [1.82, 2.24) is 9.55 Å². The van der Waals surface area contributed by atoms with E-state index in [-0.39, 0.29) is 31.9 Å². The molecule has 0 spiro atoms. The number of para-hydroxylation sites is 2. The number of unbranched alkanes of at least 4 members (excludes halogenated alkanes) is 6. The molecule has 1 unspecified atom stereocenters. The van der Waals surface area contributed by atoms with Crippen molar-refractivity contribution in [1.29, 1.82) is 0 Å². The summed E-state index contributed by atoms with van der Waals surface area (Å²) in [6.07, 6.45) is 13.7. The molecule has 2 aromatic heterocycles. The average molecular weight is 967 g/mol. The summed E-state index contributed by atoms with van der Waals surface area (Å²) in [4.78, 5) is 5.50. The van der Waals surface area contributed by atoms with Crippen molar-refractivity contribution >= 4 is 16.7 Å². The molecule has 0 aliphatic carbocycles. The van der Waals surface area contributed by atoms with Gasteiger partial charge in [-0.1, -0.05) is 202 Å². The topological polar surface area (TPSA) is 45.1 Å². The molecular weight excluding hydrogens is 885 g/mol. The number of hydrogen-bond donors (Lipinski definition) is 0. The predicted octanol–water partition coefficient (Wildman–Crippen LogP) is 17.8. The predicted molar refractivity (Wildman–Crippen MR) is 255 cm³/mol. The van der Waals surface area contributed by atoms with Gasteiger partial charge in [0, 0.05) is 50.9 Å². The number of benzene rings is 3. The Morgan fingerprint density at radius 2 is 1.17 bits per heavy atom. The number of fused-ring (bicyclic) bond motifs is 1. The first kappa shape index (κ1) is 52.2. The molecule has 5 aromatic rings. The monoisotopic (exact) mass is 968 g/mol. The van der Waals surface area contributed by atoms with Crippen LogP contribution in [0.25, 0.3) is 27.5 Å². The minimum absolute atomic E-state index is 0. The second kappa shape index (κ2) is 25.8. The fourth-order valence-electron chi connectivity index (χ4n) is 7.70. The summed E-state index contributed by atoms with van der Waals surface area (Å²) in [5.74, 6) is 3.72. The van der Waals surface area contributed by atoms with Gasteiger partial charge in [0.2, 0.25) is 0 Å². The molecule has 0 aliphatic rings. The Bertz CT molecular complexity index is 1900. The van der Waals surface area contributed by atoms with E-state index < -0.39 is 0 Å². The van der Waals surface area contributed by atoms with Crippen molar-refractivity contribution in [2.45, 2.75) is 190 Å². The maximum absolute atomic E-state index is 6.34. The van der Waals surface area contributed by atoms with Crippen molar-refractivity contribution in [3.63, 3.8) is 0 Å². The Labute approximate surface area is 381 Å². The maximum atomic E-state index is 6.34. The first-order chi connectivity index (χ1) is 27.7. The van der Waals surface area contributed by atoms with Crippen molar-refractivity contribution in [2.24, 2.45) is 7.05 Å². The van der Waals surface area contributed by atoms with E-state index in [0.717, 1.165) is 52.3 Å². The van der Waals surface area contributed by atoms with E-state index in [0.29, 0.717) is 29.6 Å². The van der Waals surface area contributed by atoms with Gasteiger partial charge >= 0.3 is 0 Å². The van der Waals surface area contributed by atoms with Crippen LogP contribution in [-0.4, -0.2) is 9.55 Å². The van der Waals surface area contributed by atoms with E-state index in [2.05, 4.69) is 170 Å². The molecule has 0 saturated heterocycles. The molecule has 5 rings (SSSR count). The number of rotatable bonds is 17. The van der Waals surface area contributed by atoms with Crippen LogP contribution >= 0.6 is 0 Å². The van der Waals surface area contributed by atoms with Crippen LogP contribution in [0.2, 0.25) is 0 Å². The average Bonchev–Trinajstić information content (AvgIpc) is 3.77. The van der Waals surface area contributed by atoms with Crippen LogP contribution in [0.4, 0.5) is 5.69 Å². The quantitative estimate of drug-likeness (QED) is 0.0529. The molecule has 2 heterocycles. The molecule has 5 heteroatoms. The molecule has 0 fully saturated rings. The van der Waals surface area contributed by atoms with E-state index >= 15 is 0 Å². The molecule has 0 amide bonds. The molecule has 0 saturated carbocycles. The molecule has 59 heavy (non-hydrogen) atoms. The third kappa shape index (κ3) is 13.8. The van der Waals surface area contributed by atoms with Crippen LogP contribution in [0.3, 0.4) is 0 Å². The number of furan rings is 1. The standard InChI is InChI=1S/C42H54N3O.C8H18.C4H9.Hf/c1-13-36-39(32-17-14-15-20-37(32)46-36)35-23-45(12)42(43-35)41(44-40-30(25(4)5)18-16-19-31(40)26(6)7)38-33(27(8)9)21-29(24(2)3)22-34(38)28(10)11;1-3-5-7-8-6-4-2;1-3-4-2;/h14-28,41H,13H2,1-12H3;3-8H2,1-2H3;1,3-4H2,2H3;/q-1;;-1;. The second-order valence-corrected chi connectivity index (χ2v) is 17.8. The van der Waals surface area contributed by atoms with E-state index in [1.165, 1.54) is 78.3 Å². The largest absolute Gasteiger partial charge is 0.671 e. The van der Waals surface area contributed by atoms with Crippen molar-refractivity contribution in [2.75, 3.05) is 0 Å². The number of aromatic nitrogens is 2. The summed E-state index contributed by atoms with van der Waals surface area (Å²) in [5, 5.41) is 6.96. The minimum Gasteiger partial charge on any atom is -0.671 e. The van der Waals surface area contributed by atoms with Gasteiger partial charge < -0.3 is 21.2 Å². The molecule has 0 radical (unpaired) electrons. The molecule has 1 atom stereocenters. The fraction of sp³-hybridized carbons (Fsp3) is 0.556. The zero-order valence-corrected chi connectivity index (χ0v) is 43.7. The smallest absolute Gasteiger partial charge is 0.134 e. The summed E-state index contributed by atoms with van der Waals surface area (Å²) in [7, 11) is 2.13. The first-order valence-corrected chi connectivity index (χ1v) is 23.0. The van der Waals surface area contributed by atoms with Gasteiger partial charge in [-0.2, -0.15) is 6.42 Å². The van der Waals surface area contributed by atoms with Gasteiger partial charge in [0.25, 0.3) is 0 Å². The van der Waals surface area contributed by atoms with Crippen LogP contribution in [0.15, 0.2) is 65.2 Å². The van der Waals surface area contributed by atoms with Crippen LogP contribution in [-0.2, 0) is 39.3 Å². The summed E-state index contributed by atoms with van der Waals surface area (Å²) >= 11 is 0. The van der Waals surface area contributed by atoms with Crippen LogP contribution < -0.4 is 0 Å². The van der Waals surface area contributed by atoms with E-state index in [1.807, 2.05) is 6.07 Å². The number of hydrogen-bond acceptors (Lipinski definition) is 2. The normalized spacial score (nSPS) is 11.9. The van der Waals surface area contributed by atoms with Gasteiger partial charge in [-0.25, -0.2) is 4.98 Å². The Morgan fingerprint density at radius 1 is 0.661 bits per heavy atom. The van der Waals surface area contributed by atoms with Crippen LogP contribution in [0.1, 0.15) is 229 Å². The molecule has 0 bridgehead atoms. The Balaban J connectivity index is 0.000000808. The zero-order chi connectivity index (χ0) is 43.1. The fourth-order valence-corrected chi connectivity index (χ4v) is 7.70. The van der Waals surface area contributed by atoms with Crippen molar-refractivity contribution < 1.29 is 30.3 Å². The van der Waals surface area contributed by atoms with E-state index in [9.17, 15) is 0 Å². The second-order valence-electron chi connectivity index (χ2n) is 17.8. The van der Waals surface area contributed by atoms with Gasteiger partial charge in [0.05, 0.1) is 17.1 Å². The van der Waals surface area contributed by atoms with Gasteiger partial charge in [-0.05, 0) is 64.0 Å². The van der Waals surface area contributed by atoms with Crippen LogP contribution in [0, 0.1) is 6.92 Å². The summed E-state index contributed by atoms with van der Waals surface area (Å²) < 4.78 is 8.55. The van der Waals surface area contributed by atoms with E-state index in [1.54, 1.807) is 0 Å². The van der Waals surface area contributed by atoms with Gasteiger partial charge in [-0.3, -0.25) is 0 Å². The molecule has 0 N–H and O–H groups in total. The molecule has 324 valence electrons. The summed E-state index contributed by atoms with van der Waals surface area (Å²) in [6.45, 7) is 35.4. The van der Waals surface area contributed by atoms with Crippen molar-refractivity contribution in [3.05, 3.63) is 118 Å². The summed E-state index contributed by atoms with van der Waals surface area (Å²) in [6, 6.07) is 19.6. The van der Waals surface area contributed by atoms with Crippen LogP contribution in [0.5, 0.6) is 0 Å². The number of aryl methyl sites for hydroxylation is 2. The van der Waals surface area contributed by atoms with Gasteiger partial charge in [-0.15, -0.1) is 5.69 Å². The van der Waals surface area contributed by atoms with Gasteiger partial charge in [0.1, 0.15) is 11.3 Å². The minimum atomic E-state index is -0.282. The third-order valence-electron chi connectivity index (χ3n) is 11.3.